The topological polar surface area (TPSA) is 38.2 Å². The Bertz CT molecular complexity index is 764. The van der Waals surface area contributed by atoms with Crippen LogP contribution in [0.25, 0.3) is 10.8 Å². The van der Waals surface area contributed by atoms with Crippen LogP contribution in [0.4, 0.5) is 5.82 Å². The molecule has 0 radical (unpaired) electrons. The van der Waals surface area contributed by atoms with Gasteiger partial charge in [-0.15, -0.1) is 0 Å². The lowest BCUT2D eigenvalue weighted by Gasteiger charge is -2.40. The summed E-state index contributed by atoms with van der Waals surface area (Å²) in [4.78, 5) is 10.9. The van der Waals surface area contributed by atoms with E-state index in [1.54, 1.807) is 12.4 Å². The molecule has 3 heterocycles. The summed E-state index contributed by atoms with van der Waals surface area (Å²) >= 11 is 0. The summed E-state index contributed by atoms with van der Waals surface area (Å²) in [6.07, 6.45) is 5.39. The molecule has 3 aromatic rings. The van der Waals surface area contributed by atoms with Gasteiger partial charge in [0.25, 0.3) is 0 Å². The van der Waals surface area contributed by atoms with Crippen LogP contribution in [-0.2, 0) is 0 Å². The maximum atomic E-state index is 5.77. The third-order valence-electron chi connectivity index (χ3n) is 4.03. The number of fused-ring (bicyclic) bond motifs is 1. The molecule has 22 heavy (non-hydrogen) atoms. The molecule has 0 bridgehead atoms. The summed E-state index contributed by atoms with van der Waals surface area (Å²) < 4.78 is 5.77. The average molecular weight is 291 g/mol. The maximum absolute atomic E-state index is 5.77. The molecule has 0 unspecified atom stereocenters. The number of anilines is 1. The Balaban J connectivity index is 1.40. The molecule has 0 aliphatic carbocycles. The molecule has 4 heteroatoms. The van der Waals surface area contributed by atoms with Crippen LogP contribution in [0, 0.1) is 5.92 Å². The van der Waals surface area contributed by atoms with Gasteiger partial charge in [0.15, 0.2) is 0 Å². The molecule has 1 aliphatic rings. The Morgan fingerprint density at radius 2 is 1.95 bits per heavy atom. The molecule has 110 valence electrons. The summed E-state index contributed by atoms with van der Waals surface area (Å²) in [6.45, 7) is 2.70. The predicted molar refractivity (Wildman–Crippen MR) is 87.2 cm³/mol. The van der Waals surface area contributed by atoms with Crippen LogP contribution >= 0.6 is 0 Å². The molecule has 4 rings (SSSR count). The monoisotopic (exact) mass is 291 g/mol. The maximum Gasteiger partial charge on any atom is 0.137 e. The minimum Gasteiger partial charge on any atom is -0.492 e. The molecule has 0 spiro atoms. The Labute approximate surface area is 129 Å². The van der Waals surface area contributed by atoms with Gasteiger partial charge in [0.05, 0.1) is 12.8 Å². The first kappa shape index (κ1) is 13.1. The molecular formula is C18H17N3O. The molecule has 0 saturated carbocycles. The van der Waals surface area contributed by atoms with Gasteiger partial charge in [-0.25, -0.2) is 4.98 Å². The van der Waals surface area contributed by atoms with Crippen LogP contribution in [0.3, 0.4) is 0 Å². The van der Waals surface area contributed by atoms with Crippen LogP contribution in [0.1, 0.15) is 0 Å². The molecular weight excluding hydrogens is 274 g/mol. The largest absolute Gasteiger partial charge is 0.492 e. The highest BCUT2D eigenvalue weighted by Crippen LogP contribution is 2.29. The lowest BCUT2D eigenvalue weighted by molar-refractivity contribution is 0.220. The van der Waals surface area contributed by atoms with Crippen molar-refractivity contribution in [2.45, 2.75) is 0 Å². The minimum atomic E-state index is 0.543. The lowest BCUT2D eigenvalue weighted by atomic mass is 10.00. The van der Waals surface area contributed by atoms with E-state index in [-0.39, 0.29) is 0 Å². The number of pyridine rings is 2. The number of nitrogens with zero attached hydrogens (tertiary/aromatic N) is 3. The Morgan fingerprint density at radius 3 is 2.82 bits per heavy atom. The van der Waals surface area contributed by atoms with Crippen molar-refractivity contribution >= 4 is 16.6 Å². The molecule has 0 N–H and O–H groups in total. The first-order chi connectivity index (χ1) is 10.9. The molecule has 0 atom stereocenters. The highest BCUT2D eigenvalue weighted by Gasteiger charge is 2.29. The fourth-order valence-corrected chi connectivity index (χ4v) is 2.85. The molecule has 0 amide bonds. The van der Waals surface area contributed by atoms with Crippen molar-refractivity contribution < 1.29 is 4.74 Å². The highest BCUT2D eigenvalue weighted by molar-refractivity contribution is 5.92. The zero-order valence-electron chi connectivity index (χ0n) is 12.2. The van der Waals surface area contributed by atoms with Crippen molar-refractivity contribution in [1.29, 1.82) is 0 Å². The number of ether oxygens (including phenoxy) is 1. The van der Waals surface area contributed by atoms with Crippen molar-refractivity contribution in [3.05, 3.63) is 61.1 Å². The SMILES string of the molecule is c1cncc(OCC2CN(c3nccc4ccccc34)C2)c1. The van der Waals surface area contributed by atoms with Crippen LogP contribution in [-0.4, -0.2) is 29.7 Å². The van der Waals surface area contributed by atoms with E-state index in [1.807, 2.05) is 18.3 Å². The second-order valence-electron chi connectivity index (χ2n) is 5.63. The second-order valence-corrected chi connectivity index (χ2v) is 5.63. The van der Waals surface area contributed by atoms with E-state index < -0.39 is 0 Å². The third-order valence-corrected chi connectivity index (χ3v) is 4.03. The number of hydrogen-bond donors (Lipinski definition) is 0. The lowest BCUT2D eigenvalue weighted by Crippen LogP contribution is -2.49. The zero-order valence-corrected chi connectivity index (χ0v) is 12.2. The van der Waals surface area contributed by atoms with Gasteiger partial charge in [-0.05, 0) is 23.6 Å². The zero-order chi connectivity index (χ0) is 14.8. The quantitative estimate of drug-likeness (QED) is 0.740. The third kappa shape index (κ3) is 2.48. The summed E-state index contributed by atoms with van der Waals surface area (Å²) in [6, 6.07) is 14.3. The van der Waals surface area contributed by atoms with Gasteiger partial charge in [-0.3, -0.25) is 4.98 Å². The molecule has 1 aromatic carbocycles. The normalized spacial score (nSPS) is 14.8. The fourth-order valence-electron chi connectivity index (χ4n) is 2.85. The highest BCUT2D eigenvalue weighted by atomic mass is 16.5. The first-order valence-electron chi connectivity index (χ1n) is 7.52. The van der Waals surface area contributed by atoms with Crippen LogP contribution in [0.2, 0.25) is 0 Å². The average Bonchev–Trinajstić information content (AvgIpc) is 2.54. The number of hydrogen-bond acceptors (Lipinski definition) is 4. The molecule has 1 fully saturated rings. The summed E-state index contributed by atoms with van der Waals surface area (Å²) in [5.74, 6) is 2.46. The van der Waals surface area contributed by atoms with Gasteiger partial charge >= 0.3 is 0 Å². The molecule has 2 aromatic heterocycles. The van der Waals surface area contributed by atoms with E-state index in [2.05, 4.69) is 45.2 Å². The Kier molecular flexibility index (Phi) is 3.35. The van der Waals surface area contributed by atoms with Crippen LogP contribution in [0.15, 0.2) is 61.1 Å². The van der Waals surface area contributed by atoms with Crippen molar-refractivity contribution in [1.82, 2.24) is 9.97 Å². The van der Waals surface area contributed by atoms with Gasteiger partial charge in [-0.1, -0.05) is 24.3 Å². The summed E-state index contributed by atoms with van der Waals surface area (Å²) in [7, 11) is 0. The van der Waals surface area contributed by atoms with Gasteiger partial charge < -0.3 is 9.64 Å². The van der Waals surface area contributed by atoms with E-state index in [9.17, 15) is 0 Å². The van der Waals surface area contributed by atoms with Crippen molar-refractivity contribution in [2.24, 2.45) is 5.92 Å². The molecule has 4 nitrogen and oxygen atoms in total. The minimum absolute atomic E-state index is 0.543. The fraction of sp³-hybridized carbons (Fsp3) is 0.222. The Morgan fingerprint density at radius 1 is 1.05 bits per heavy atom. The summed E-state index contributed by atoms with van der Waals surface area (Å²) in [5.41, 5.74) is 0. The van der Waals surface area contributed by atoms with Gasteiger partial charge in [0.2, 0.25) is 0 Å². The van der Waals surface area contributed by atoms with E-state index in [0.717, 1.165) is 31.3 Å². The standard InChI is InChI=1S/C18H17N3O/c1-2-6-17-15(4-1)7-9-20-18(17)21-11-14(12-21)13-22-16-5-3-8-19-10-16/h1-10,14H,11-13H2. The number of rotatable bonds is 4. The van der Waals surface area contributed by atoms with Crippen molar-refractivity contribution in [3.8, 4) is 5.75 Å². The van der Waals surface area contributed by atoms with Crippen LogP contribution in [0.5, 0.6) is 5.75 Å². The van der Waals surface area contributed by atoms with Gasteiger partial charge in [-0.2, -0.15) is 0 Å². The van der Waals surface area contributed by atoms with E-state index in [0.29, 0.717) is 5.92 Å². The van der Waals surface area contributed by atoms with Gasteiger partial charge in [0, 0.05) is 36.8 Å². The van der Waals surface area contributed by atoms with E-state index in [1.165, 1.54) is 10.8 Å². The Hall–Kier alpha value is -2.62. The number of aromatic nitrogens is 2. The first-order valence-corrected chi connectivity index (χ1v) is 7.52. The van der Waals surface area contributed by atoms with Gasteiger partial charge in [0.1, 0.15) is 11.6 Å². The second kappa shape index (κ2) is 5.64. The van der Waals surface area contributed by atoms with E-state index >= 15 is 0 Å². The summed E-state index contributed by atoms with van der Waals surface area (Å²) in [5, 5.41) is 2.46. The number of benzene rings is 1. The van der Waals surface area contributed by atoms with Crippen LogP contribution < -0.4 is 9.64 Å². The molecule has 1 saturated heterocycles. The van der Waals surface area contributed by atoms with Crippen molar-refractivity contribution in [3.63, 3.8) is 0 Å². The van der Waals surface area contributed by atoms with E-state index in [4.69, 9.17) is 4.74 Å². The predicted octanol–water partition coefficient (Wildman–Crippen LogP) is 3.15. The molecule has 1 aliphatic heterocycles. The van der Waals surface area contributed by atoms with Crippen molar-refractivity contribution in [2.75, 3.05) is 24.6 Å². The smallest absolute Gasteiger partial charge is 0.137 e.